The van der Waals surface area contributed by atoms with Crippen molar-refractivity contribution in [3.05, 3.63) is 66.2 Å². The maximum absolute atomic E-state index is 12.6. The topological polar surface area (TPSA) is 122 Å². The number of aromatic nitrogens is 4. The third-order valence-corrected chi connectivity index (χ3v) is 7.32. The van der Waals surface area contributed by atoms with E-state index < -0.39 is 11.5 Å². The number of carbonyl (C=O) groups excluding carboxylic acids is 2. The second kappa shape index (κ2) is 10.5. The molecule has 2 N–H and O–H groups in total. The number of nitrogens with one attached hydrogen (secondary N) is 2. The summed E-state index contributed by atoms with van der Waals surface area (Å²) in [7, 11) is 0. The molecule has 0 atom stereocenters. The summed E-state index contributed by atoms with van der Waals surface area (Å²) in [5, 5.41) is 8.77. The van der Waals surface area contributed by atoms with Crippen LogP contribution in [0.3, 0.4) is 0 Å². The number of aryl methyl sites for hydroxylation is 3. The number of hydrogen-bond donors (Lipinski definition) is 2. The average Bonchev–Trinajstić information content (AvgIpc) is 3.35. The molecule has 0 spiro atoms. The number of amides is 2. The fourth-order valence-electron chi connectivity index (χ4n) is 3.74. The van der Waals surface area contributed by atoms with Gasteiger partial charge in [0.05, 0.1) is 5.01 Å². The number of H-pyrrole nitrogens is 1. The summed E-state index contributed by atoms with van der Waals surface area (Å²) in [6, 6.07) is 5.79. The standard InChI is InChI=1S/C23H26N6O4S2/c1-13-4-5-17(10-14(13)2)33-11-19(30)28-8-6-16(7-9-28)21-24-18(12-35-21)20(31)27-29-22(32)15(3)25-26-23(29)34/h4-5,10,12,16H,6-9,11H2,1-3H3,(H,26,34)(H,27,31). The number of rotatable bonds is 6. The summed E-state index contributed by atoms with van der Waals surface area (Å²) in [6.45, 7) is 6.76. The van der Waals surface area contributed by atoms with E-state index in [1.807, 2.05) is 32.0 Å². The van der Waals surface area contributed by atoms with Gasteiger partial charge in [-0.1, -0.05) is 6.07 Å². The molecule has 0 radical (unpaired) electrons. The number of nitrogens with zero attached hydrogens (tertiary/aromatic N) is 4. The first kappa shape index (κ1) is 24.7. The molecule has 10 nitrogen and oxygen atoms in total. The summed E-state index contributed by atoms with van der Waals surface area (Å²) in [4.78, 5) is 43.7. The van der Waals surface area contributed by atoms with Crippen LogP contribution in [0.1, 0.15) is 51.1 Å². The zero-order valence-corrected chi connectivity index (χ0v) is 21.3. The minimum absolute atomic E-state index is 0.00482. The quantitative estimate of drug-likeness (QED) is 0.485. The van der Waals surface area contributed by atoms with Crippen LogP contribution in [0, 0.1) is 25.5 Å². The Morgan fingerprint density at radius 1 is 1.23 bits per heavy atom. The van der Waals surface area contributed by atoms with Gasteiger partial charge in [0.2, 0.25) is 4.77 Å². The highest BCUT2D eigenvalue weighted by Gasteiger charge is 2.26. The lowest BCUT2D eigenvalue weighted by molar-refractivity contribution is -0.134. The van der Waals surface area contributed by atoms with Crippen molar-refractivity contribution in [1.82, 2.24) is 24.8 Å². The van der Waals surface area contributed by atoms with Crippen LogP contribution in [0.25, 0.3) is 0 Å². The largest absolute Gasteiger partial charge is 0.484 e. The van der Waals surface area contributed by atoms with Gasteiger partial charge in [0.25, 0.3) is 17.4 Å². The molecule has 1 aliphatic heterocycles. The normalized spacial score (nSPS) is 14.1. The Bertz CT molecular complexity index is 1370. The van der Waals surface area contributed by atoms with Gasteiger partial charge < -0.3 is 9.64 Å². The minimum atomic E-state index is -0.532. The third-order valence-electron chi connectivity index (χ3n) is 6.04. The molecule has 1 aliphatic rings. The predicted octanol–water partition coefficient (Wildman–Crippen LogP) is 2.85. The molecule has 35 heavy (non-hydrogen) atoms. The van der Waals surface area contributed by atoms with E-state index in [9.17, 15) is 14.4 Å². The van der Waals surface area contributed by atoms with Crippen LogP contribution in [0.2, 0.25) is 0 Å². The van der Waals surface area contributed by atoms with Crippen LogP contribution in [-0.2, 0) is 4.79 Å². The van der Waals surface area contributed by atoms with Crippen LogP contribution in [0.15, 0.2) is 28.4 Å². The van der Waals surface area contributed by atoms with Crippen molar-refractivity contribution in [3.8, 4) is 5.75 Å². The molecule has 12 heteroatoms. The number of likely N-dealkylation sites (tertiary alicyclic amines) is 1. The van der Waals surface area contributed by atoms with E-state index in [1.54, 1.807) is 10.3 Å². The van der Waals surface area contributed by atoms with E-state index in [0.29, 0.717) is 18.8 Å². The van der Waals surface area contributed by atoms with Crippen LogP contribution < -0.4 is 15.7 Å². The smallest absolute Gasteiger partial charge is 0.295 e. The molecule has 2 amide bonds. The molecule has 3 aromatic rings. The minimum Gasteiger partial charge on any atom is -0.484 e. The van der Waals surface area contributed by atoms with Crippen molar-refractivity contribution < 1.29 is 14.3 Å². The van der Waals surface area contributed by atoms with Crippen LogP contribution in [0.4, 0.5) is 0 Å². The molecule has 1 aromatic carbocycles. The molecule has 0 saturated carbocycles. The van der Waals surface area contributed by atoms with Crippen LogP contribution in [0.5, 0.6) is 5.75 Å². The summed E-state index contributed by atoms with van der Waals surface area (Å²) in [6.07, 6.45) is 1.50. The van der Waals surface area contributed by atoms with E-state index >= 15 is 0 Å². The van der Waals surface area contributed by atoms with Crippen molar-refractivity contribution in [2.45, 2.75) is 39.5 Å². The van der Waals surface area contributed by atoms with E-state index in [4.69, 9.17) is 17.0 Å². The molecule has 0 bridgehead atoms. The zero-order valence-electron chi connectivity index (χ0n) is 19.7. The van der Waals surface area contributed by atoms with Gasteiger partial charge in [-0.2, -0.15) is 9.77 Å². The molecule has 4 rings (SSSR count). The van der Waals surface area contributed by atoms with Gasteiger partial charge in [-0.3, -0.25) is 24.9 Å². The number of hydrogen-bond acceptors (Lipinski definition) is 8. The van der Waals surface area contributed by atoms with Crippen molar-refractivity contribution in [3.63, 3.8) is 0 Å². The number of thiazole rings is 1. The van der Waals surface area contributed by atoms with E-state index in [1.165, 1.54) is 23.8 Å². The van der Waals surface area contributed by atoms with Gasteiger partial charge in [-0.25, -0.2) is 4.98 Å². The van der Waals surface area contributed by atoms with Gasteiger partial charge in [-0.15, -0.1) is 11.3 Å². The first-order chi connectivity index (χ1) is 16.7. The number of carbonyl (C=O) groups is 2. The van der Waals surface area contributed by atoms with Crippen LogP contribution in [-0.4, -0.2) is 56.3 Å². The highest BCUT2D eigenvalue weighted by atomic mass is 32.1. The molecule has 0 aliphatic carbocycles. The van der Waals surface area contributed by atoms with Crippen molar-refractivity contribution in [2.75, 3.05) is 25.1 Å². The highest BCUT2D eigenvalue weighted by Crippen LogP contribution is 2.30. The van der Waals surface area contributed by atoms with Gasteiger partial charge in [0, 0.05) is 24.4 Å². The zero-order chi connectivity index (χ0) is 25.1. The van der Waals surface area contributed by atoms with Crippen molar-refractivity contribution in [1.29, 1.82) is 0 Å². The monoisotopic (exact) mass is 514 g/mol. The first-order valence-corrected chi connectivity index (χ1v) is 12.4. The maximum atomic E-state index is 12.6. The molecule has 184 valence electrons. The second-order valence-electron chi connectivity index (χ2n) is 8.46. The Morgan fingerprint density at radius 2 is 1.97 bits per heavy atom. The predicted molar refractivity (Wildman–Crippen MR) is 134 cm³/mol. The van der Waals surface area contributed by atoms with Gasteiger partial charge in [-0.05, 0) is 69.1 Å². The Morgan fingerprint density at radius 3 is 2.69 bits per heavy atom. The van der Waals surface area contributed by atoms with E-state index in [-0.39, 0.29) is 34.6 Å². The second-order valence-corrected chi connectivity index (χ2v) is 9.73. The lowest BCUT2D eigenvalue weighted by atomic mass is 9.97. The fourth-order valence-corrected chi connectivity index (χ4v) is 4.88. The molecular weight excluding hydrogens is 488 g/mol. The maximum Gasteiger partial charge on any atom is 0.295 e. The summed E-state index contributed by atoms with van der Waals surface area (Å²) in [5.41, 5.74) is 4.66. The summed E-state index contributed by atoms with van der Waals surface area (Å²) in [5.74, 6) is 0.265. The Kier molecular flexibility index (Phi) is 7.41. The van der Waals surface area contributed by atoms with E-state index in [2.05, 4.69) is 20.6 Å². The lowest BCUT2D eigenvalue weighted by Gasteiger charge is -2.31. The summed E-state index contributed by atoms with van der Waals surface area (Å²) >= 11 is 6.43. The number of aromatic amines is 1. The summed E-state index contributed by atoms with van der Waals surface area (Å²) < 4.78 is 6.62. The Labute approximate surface area is 210 Å². The molecule has 0 unspecified atom stereocenters. The SMILES string of the molecule is Cc1ccc(OCC(=O)N2CCC(c3nc(C(=O)Nn4c(=S)[nH]nc(C)c4=O)cs3)CC2)cc1C. The van der Waals surface area contributed by atoms with Gasteiger partial charge >= 0.3 is 0 Å². The number of piperidine rings is 1. The lowest BCUT2D eigenvalue weighted by Crippen LogP contribution is -2.40. The van der Waals surface area contributed by atoms with Crippen LogP contribution >= 0.6 is 23.6 Å². The molecule has 2 aromatic heterocycles. The Balaban J connectivity index is 1.31. The average molecular weight is 515 g/mol. The first-order valence-electron chi connectivity index (χ1n) is 11.2. The number of ether oxygens (including phenoxy) is 1. The molecular formula is C23H26N6O4S2. The van der Waals surface area contributed by atoms with Crippen molar-refractivity contribution >= 4 is 35.4 Å². The Hall–Kier alpha value is -3.38. The van der Waals surface area contributed by atoms with E-state index in [0.717, 1.165) is 28.1 Å². The fraction of sp³-hybridized carbons (Fsp3) is 0.391. The molecule has 1 fully saturated rings. The van der Waals surface area contributed by atoms with Gasteiger partial charge in [0.15, 0.2) is 6.61 Å². The molecule has 3 heterocycles. The number of benzene rings is 1. The van der Waals surface area contributed by atoms with Crippen molar-refractivity contribution in [2.24, 2.45) is 0 Å². The van der Waals surface area contributed by atoms with Gasteiger partial charge in [0.1, 0.15) is 17.1 Å². The third kappa shape index (κ3) is 5.65. The highest BCUT2D eigenvalue weighted by molar-refractivity contribution is 7.71. The molecule has 1 saturated heterocycles.